The van der Waals surface area contributed by atoms with Crippen LogP contribution in [0.2, 0.25) is 0 Å². The first kappa shape index (κ1) is 19.0. The van der Waals surface area contributed by atoms with Crippen LogP contribution in [0, 0.1) is 0 Å². The lowest BCUT2D eigenvalue weighted by molar-refractivity contribution is -0.120. The Hall–Kier alpha value is -2.02. The first-order valence-electron chi connectivity index (χ1n) is 7.36. The molecule has 1 rings (SSSR count). The Labute approximate surface area is 138 Å². The molecule has 0 saturated carbocycles. The van der Waals surface area contributed by atoms with Gasteiger partial charge in [0, 0.05) is 19.5 Å². The van der Waals surface area contributed by atoms with E-state index in [1.165, 1.54) is 4.31 Å². The van der Waals surface area contributed by atoms with E-state index in [9.17, 15) is 13.2 Å². The minimum absolute atomic E-state index is 0.0421. The average molecular weight is 340 g/mol. The summed E-state index contributed by atoms with van der Waals surface area (Å²) < 4.78 is 30.7. The molecule has 0 fully saturated rings. The van der Waals surface area contributed by atoms with Crippen LogP contribution in [0.3, 0.4) is 0 Å². The van der Waals surface area contributed by atoms with Crippen molar-refractivity contribution in [1.82, 2.24) is 5.32 Å². The number of hydrogen-bond donors (Lipinski definition) is 1. The molecule has 6 nitrogen and oxygen atoms in total. The smallest absolute Gasteiger partial charge is 0.232 e. The lowest BCUT2D eigenvalue weighted by Crippen LogP contribution is -2.34. The number of nitrogens with zero attached hydrogens (tertiary/aromatic N) is 1. The Morgan fingerprint density at radius 3 is 2.43 bits per heavy atom. The van der Waals surface area contributed by atoms with Crippen molar-refractivity contribution in [3.8, 4) is 5.75 Å². The van der Waals surface area contributed by atoms with Gasteiger partial charge in [0.15, 0.2) is 0 Å². The zero-order valence-corrected chi connectivity index (χ0v) is 14.6. The largest absolute Gasteiger partial charge is 0.491 e. The van der Waals surface area contributed by atoms with E-state index in [0.29, 0.717) is 18.0 Å². The Morgan fingerprint density at radius 1 is 1.35 bits per heavy atom. The third-order valence-electron chi connectivity index (χ3n) is 2.88. The number of rotatable bonds is 9. The van der Waals surface area contributed by atoms with E-state index in [-0.39, 0.29) is 25.0 Å². The molecule has 0 bridgehead atoms. The van der Waals surface area contributed by atoms with Crippen LogP contribution in [0.5, 0.6) is 5.75 Å². The molecule has 0 aromatic heterocycles. The van der Waals surface area contributed by atoms with Crippen molar-refractivity contribution in [2.24, 2.45) is 0 Å². The summed E-state index contributed by atoms with van der Waals surface area (Å²) in [5, 5.41) is 2.62. The van der Waals surface area contributed by atoms with Crippen LogP contribution in [0.25, 0.3) is 0 Å². The number of carbonyl (C=O) groups excluding carboxylic acids is 1. The number of ether oxygens (including phenoxy) is 1. The zero-order chi connectivity index (χ0) is 17.5. The predicted octanol–water partition coefficient (Wildman–Crippen LogP) is 1.93. The van der Waals surface area contributed by atoms with Crippen LogP contribution in [0.4, 0.5) is 5.69 Å². The van der Waals surface area contributed by atoms with Gasteiger partial charge in [-0.2, -0.15) is 0 Å². The maximum Gasteiger partial charge on any atom is 0.232 e. The van der Waals surface area contributed by atoms with Crippen molar-refractivity contribution >= 4 is 21.6 Å². The molecule has 0 aliphatic carbocycles. The molecule has 1 aromatic rings. The molecule has 0 unspecified atom stereocenters. The van der Waals surface area contributed by atoms with Crippen molar-refractivity contribution in [3.05, 3.63) is 36.9 Å². The maximum atomic E-state index is 12.0. The highest BCUT2D eigenvalue weighted by Gasteiger charge is 2.18. The lowest BCUT2D eigenvalue weighted by atomic mass is 10.3. The van der Waals surface area contributed by atoms with Crippen molar-refractivity contribution in [1.29, 1.82) is 0 Å². The number of nitrogens with one attached hydrogen (secondary N) is 1. The van der Waals surface area contributed by atoms with Crippen molar-refractivity contribution in [3.63, 3.8) is 0 Å². The third kappa shape index (κ3) is 6.73. The van der Waals surface area contributed by atoms with Gasteiger partial charge in [0.05, 0.1) is 18.0 Å². The monoisotopic (exact) mass is 340 g/mol. The fraction of sp³-hybridized carbons (Fsp3) is 0.438. The molecule has 0 spiro atoms. The number of carbonyl (C=O) groups is 1. The minimum Gasteiger partial charge on any atom is -0.491 e. The van der Waals surface area contributed by atoms with Gasteiger partial charge >= 0.3 is 0 Å². The van der Waals surface area contributed by atoms with Crippen molar-refractivity contribution < 1.29 is 17.9 Å². The molecule has 7 heteroatoms. The second-order valence-electron chi connectivity index (χ2n) is 5.34. The van der Waals surface area contributed by atoms with Gasteiger partial charge in [-0.15, -0.1) is 6.58 Å². The highest BCUT2D eigenvalue weighted by molar-refractivity contribution is 7.92. The van der Waals surface area contributed by atoms with Crippen LogP contribution in [0.1, 0.15) is 20.3 Å². The van der Waals surface area contributed by atoms with Crippen LogP contribution in [-0.2, 0) is 14.8 Å². The van der Waals surface area contributed by atoms with E-state index in [0.717, 1.165) is 6.26 Å². The Kier molecular flexibility index (Phi) is 7.09. The van der Waals surface area contributed by atoms with E-state index in [1.54, 1.807) is 30.3 Å². The SMILES string of the molecule is C=CCNC(=O)CCN(c1ccc(OC(C)C)cc1)S(C)(=O)=O. The van der Waals surface area contributed by atoms with Crippen molar-refractivity contribution in [2.45, 2.75) is 26.4 Å². The summed E-state index contributed by atoms with van der Waals surface area (Å²) in [6.45, 7) is 7.78. The zero-order valence-electron chi connectivity index (χ0n) is 13.8. The normalized spacial score (nSPS) is 11.1. The fourth-order valence-corrected chi connectivity index (χ4v) is 2.85. The van der Waals surface area contributed by atoms with Gasteiger partial charge in [-0.3, -0.25) is 9.10 Å². The van der Waals surface area contributed by atoms with E-state index in [4.69, 9.17) is 4.74 Å². The first-order valence-corrected chi connectivity index (χ1v) is 9.21. The summed E-state index contributed by atoms with van der Waals surface area (Å²) in [5.41, 5.74) is 0.500. The summed E-state index contributed by atoms with van der Waals surface area (Å²) in [6.07, 6.45) is 2.80. The predicted molar refractivity (Wildman–Crippen MR) is 92.2 cm³/mol. The number of hydrogen-bond acceptors (Lipinski definition) is 4. The topological polar surface area (TPSA) is 75.7 Å². The standard InChI is InChI=1S/C16H24N2O4S/c1-5-11-17-16(19)10-12-18(23(4,20)21)14-6-8-15(9-7-14)22-13(2)3/h5-9,13H,1,10-12H2,2-4H3,(H,17,19). The van der Waals surface area contributed by atoms with Crippen LogP contribution in [-0.4, -0.2) is 39.8 Å². The Balaban J connectivity index is 2.82. The van der Waals surface area contributed by atoms with Crippen LogP contribution >= 0.6 is 0 Å². The van der Waals surface area contributed by atoms with Crippen LogP contribution in [0.15, 0.2) is 36.9 Å². The second-order valence-corrected chi connectivity index (χ2v) is 7.25. The summed E-state index contributed by atoms with van der Waals surface area (Å²) in [7, 11) is -3.48. The maximum absolute atomic E-state index is 12.0. The summed E-state index contributed by atoms with van der Waals surface area (Å²) in [6, 6.07) is 6.76. The molecular weight excluding hydrogens is 316 g/mol. The Bertz CT molecular complexity index is 624. The van der Waals surface area contributed by atoms with Gasteiger partial charge in [-0.05, 0) is 38.1 Å². The van der Waals surface area contributed by atoms with E-state index in [2.05, 4.69) is 11.9 Å². The number of benzene rings is 1. The van der Waals surface area contributed by atoms with Gasteiger partial charge in [0.1, 0.15) is 5.75 Å². The van der Waals surface area contributed by atoms with Crippen molar-refractivity contribution in [2.75, 3.05) is 23.7 Å². The number of anilines is 1. The molecule has 1 N–H and O–H groups in total. The molecule has 0 radical (unpaired) electrons. The highest BCUT2D eigenvalue weighted by atomic mass is 32.2. The summed E-state index contributed by atoms with van der Waals surface area (Å²) >= 11 is 0. The van der Waals surface area contributed by atoms with Crippen LogP contribution < -0.4 is 14.4 Å². The highest BCUT2D eigenvalue weighted by Crippen LogP contribution is 2.22. The molecular formula is C16H24N2O4S. The molecule has 0 atom stereocenters. The third-order valence-corrected chi connectivity index (χ3v) is 4.08. The number of sulfonamides is 1. The molecule has 0 aliphatic rings. The van der Waals surface area contributed by atoms with E-state index >= 15 is 0 Å². The quantitative estimate of drug-likeness (QED) is 0.697. The molecule has 0 heterocycles. The summed E-state index contributed by atoms with van der Waals surface area (Å²) in [5.74, 6) is 0.444. The van der Waals surface area contributed by atoms with Gasteiger partial charge in [0.2, 0.25) is 15.9 Å². The van der Waals surface area contributed by atoms with Gasteiger partial charge in [-0.1, -0.05) is 6.08 Å². The summed E-state index contributed by atoms with van der Waals surface area (Å²) in [4.78, 5) is 11.6. The van der Waals surface area contributed by atoms with E-state index < -0.39 is 10.0 Å². The first-order chi connectivity index (χ1) is 10.7. The molecule has 1 amide bonds. The Morgan fingerprint density at radius 2 is 1.96 bits per heavy atom. The van der Waals surface area contributed by atoms with Gasteiger partial charge in [0.25, 0.3) is 0 Å². The second kappa shape index (κ2) is 8.57. The number of amides is 1. The van der Waals surface area contributed by atoms with Gasteiger partial charge in [-0.25, -0.2) is 8.42 Å². The lowest BCUT2D eigenvalue weighted by Gasteiger charge is -2.22. The minimum atomic E-state index is -3.48. The van der Waals surface area contributed by atoms with Gasteiger partial charge < -0.3 is 10.1 Å². The molecule has 23 heavy (non-hydrogen) atoms. The molecule has 128 valence electrons. The molecule has 0 saturated heterocycles. The average Bonchev–Trinajstić information content (AvgIpc) is 2.45. The molecule has 0 aliphatic heterocycles. The molecule has 1 aromatic carbocycles. The van der Waals surface area contributed by atoms with E-state index in [1.807, 2.05) is 13.8 Å². The fourth-order valence-electron chi connectivity index (χ4n) is 1.93.